The molecule has 2 atom stereocenters. The number of nitrogens with one attached hydrogen (secondary N) is 2. The first-order valence-corrected chi connectivity index (χ1v) is 10.2. The number of aliphatic hydroxyl groups is 1. The lowest BCUT2D eigenvalue weighted by Crippen LogP contribution is -2.41. The van der Waals surface area contributed by atoms with Gasteiger partial charge in [-0.1, -0.05) is 6.08 Å². The number of fused-ring (bicyclic) bond motifs is 1. The summed E-state index contributed by atoms with van der Waals surface area (Å²) >= 11 is 0. The van der Waals surface area contributed by atoms with Crippen LogP contribution in [-0.2, 0) is 23.5 Å². The Bertz CT molecular complexity index is 1130. The minimum atomic E-state index is -3.96. The minimum absolute atomic E-state index is 0.0410. The van der Waals surface area contributed by atoms with Gasteiger partial charge in [-0.15, -0.1) is 6.58 Å². The average Bonchev–Trinajstić information content (AvgIpc) is 2.96. The van der Waals surface area contributed by atoms with Gasteiger partial charge in [-0.05, 0) is 31.0 Å². The molecule has 0 saturated heterocycles. The van der Waals surface area contributed by atoms with Gasteiger partial charge in [0, 0.05) is 24.5 Å². The lowest BCUT2D eigenvalue weighted by atomic mass is 10.0. The second kappa shape index (κ2) is 7.79. The molecule has 3 N–H and O–H groups in total. The number of sulfonamides is 1. The number of anilines is 1. The maximum absolute atomic E-state index is 13.5. The molecule has 0 fully saturated rings. The van der Waals surface area contributed by atoms with Crippen LogP contribution in [0.2, 0.25) is 0 Å². The Morgan fingerprint density at radius 2 is 2.28 bits per heavy atom. The minimum Gasteiger partial charge on any atom is -0.387 e. The van der Waals surface area contributed by atoms with E-state index in [1.54, 1.807) is 13.1 Å². The molecule has 0 bridgehead atoms. The molecule has 10 heteroatoms. The van der Waals surface area contributed by atoms with Gasteiger partial charge in [0.1, 0.15) is 22.5 Å². The molecule has 152 valence electrons. The summed E-state index contributed by atoms with van der Waals surface area (Å²) in [5.41, 5.74) is 0.430. The van der Waals surface area contributed by atoms with E-state index < -0.39 is 33.9 Å². The van der Waals surface area contributed by atoms with E-state index in [2.05, 4.69) is 16.6 Å². The highest BCUT2D eigenvalue weighted by Gasteiger charge is 2.34. The van der Waals surface area contributed by atoms with Gasteiger partial charge in [-0.2, -0.15) is 5.26 Å². The van der Waals surface area contributed by atoms with Crippen molar-refractivity contribution in [1.29, 1.82) is 5.26 Å². The summed E-state index contributed by atoms with van der Waals surface area (Å²) in [6.07, 6.45) is 2.01. The molecule has 2 heterocycles. The topological polar surface area (TPSA) is 124 Å². The van der Waals surface area contributed by atoms with Crippen LogP contribution >= 0.6 is 0 Å². The second-order valence-corrected chi connectivity index (χ2v) is 8.37. The van der Waals surface area contributed by atoms with Crippen LogP contribution in [0.3, 0.4) is 0 Å². The van der Waals surface area contributed by atoms with Crippen molar-refractivity contribution in [2.45, 2.75) is 29.9 Å². The number of benzene rings is 1. The zero-order valence-corrected chi connectivity index (χ0v) is 16.3. The molecular formula is C19H19FN4O4S. The fourth-order valence-corrected chi connectivity index (χ4v) is 4.93. The van der Waals surface area contributed by atoms with E-state index >= 15 is 0 Å². The van der Waals surface area contributed by atoms with Crippen molar-refractivity contribution < 1.29 is 22.7 Å². The third kappa shape index (κ3) is 3.93. The van der Waals surface area contributed by atoms with Crippen molar-refractivity contribution in [2.75, 3.05) is 5.32 Å². The number of hydrogen-bond acceptors (Lipinski definition) is 5. The smallest absolute Gasteiger partial charge is 0.272 e. The van der Waals surface area contributed by atoms with Crippen molar-refractivity contribution in [3.63, 3.8) is 0 Å². The summed E-state index contributed by atoms with van der Waals surface area (Å²) < 4.78 is 42.8. The Morgan fingerprint density at radius 1 is 1.55 bits per heavy atom. The highest BCUT2D eigenvalue weighted by Crippen LogP contribution is 2.28. The lowest BCUT2D eigenvalue weighted by molar-refractivity contribution is 0.101. The Kier molecular flexibility index (Phi) is 5.57. The number of nitriles is 1. The molecule has 0 aliphatic carbocycles. The number of carbonyl (C=O) groups excluding carboxylic acids is 1. The Labute approximate surface area is 167 Å². The van der Waals surface area contributed by atoms with Crippen molar-refractivity contribution in [3.05, 3.63) is 59.7 Å². The fourth-order valence-electron chi connectivity index (χ4n) is 3.32. The predicted octanol–water partition coefficient (Wildman–Crippen LogP) is 1.43. The van der Waals surface area contributed by atoms with Gasteiger partial charge in [0.2, 0.25) is 10.0 Å². The van der Waals surface area contributed by atoms with Crippen LogP contribution in [0.15, 0.2) is 41.9 Å². The maximum atomic E-state index is 13.5. The number of nitrogens with zero attached hydrogens (tertiary/aromatic N) is 2. The molecule has 1 aliphatic rings. The monoisotopic (exact) mass is 418 g/mol. The summed E-state index contributed by atoms with van der Waals surface area (Å²) in [7, 11) is -2.42. The highest BCUT2D eigenvalue weighted by atomic mass is 32.2. The van der Waals surface area contributed by atoms with Gasteiger partial charge < -0.3 is 15.0 Å². The van der Waals surface area contributed by atoms with Crippen LogP contribution in [0.25, 0.3) is 0 Å². The summed E-state index contributed by atoms with van der Waals surface area (Å²) in [4.78, 5) is 12.8. The number of carbonyl (C=O) groups is 1. The Balaban J connectivity index is 1.97. The van der Waals surface area contributed by atoms with Crippen molar-refractivity contribution in [1.82, 2.24) is 9.29 Å². The molecule has 2 aromatic rings. The first-order chi connectivity index (χ1) is 13.7. The van der Waals surface area contributed by atoms with E-state index in [1.807, 2.05) is 0 Å². The molecule has 29 heavy (non-hydrogen) atoms. The Hall–Kier alpha value is -3.00. The van der Waals surface area contributed by atoms with Crippen LogP contribution in [0.5, 0.6) is 0 Å². The van der Waals surface area contributed by atoms with Crippen LogP contribution in [0, 0.1) is 17.1 Å². The molecule has 1 aromatic heterocycles. The Morgan fingerprint density at radius 3 is 2.93 bits per heavy atom. The molecule has 3 rings (SSSR count). The molecule has 1 amide bonds. The van der Waals surface area contributed by atoms with Crippen LogP contribution in [0.4, 0.5) is 10.1 Å². The van der Waals surface area contributed by atoms with Crippen molar-refractivity contribution in [2.24, 2.45) is 7.05 Å². The molecule has 0 saturated carbocycles. The summed E-state index contributed by atoms with van der Waals surface area (Å²) in [6, 6.07) is 4.50. The number of halogens is 1. The first-order valence-electron chi connectivity index (χ1n) is 8.70. The SMILES string of the molecule is C=C[C@@H](O)C1CCc2c(cn(C)c2C(=O)Nc2ccc(F)c(C#N)c2)S(=O)(=O)N1. The zero-order chi connectivity index (χ0) is 21.3. The number of aryl methyl sites for hydroxylation is 1. The molecule has 1 aromatic carbocycles. The molecule has 0 radical (unpaired) electrons. The quantitative estimate of drug-likeness (QED) is 0.648. The normalized spacial score (nSPS) is 18.8. The number of aliphatic hydroxyl groups excluding tert-OH is 1. The number of aromatic nitrogens is 1. The van der Waals surface area contributed by atoms with Crippen LogP contribution in [0.1, 0.15) is 28.0 Å². The van der Waals surface area contributed by atoms with E-state index in [9.17, 15) is 22.7 Å². The largest absolute Gasteiger partial charge is 0.387 e. The van der Waals surface area contributed by atoms with Crippen LogP contribution < -0.4 is 10.0 Å². The third-order valence-corrected chi connectivity index (χ3v) is 6.31. The van der Waals surface area contributed by atoms with Gasteiger partial charge in [-0.3, -0.25) is 4.79 Å². The van der Waals surface area contributed by atoms with E-state index in [0.717, 1.165) is 6.07 Å². The fraction of sp³-hybridized carbons (Fsp3) is 0.263. The van der Waals surface area contributed by atoms with Gasteiger partial charge in [0.25, 0.3) is 5.91 Å². The van der Waals surface area contributed by atoms with E-state index in [4.69, 9.17) is 5.26 Å². The highest BCUT2D eigenvalue weighted by molar-refractivity contribution is 7.89. The number of hydrogen-bond donors (Lipinski definition) is 3. The first kappa shape index (κ1) is 20.7. The van der Waals surface area contributed by atoms with Gasteiger partial charge in [0.15, 0.2) is 0 Å². The van der Waals surface area contributed by atoms with E-state index in [0.29, 0.717) is 5.56 Å². The van der Waals surface area contributed by atoms with Crippen molar-refractivity contribution >= 4 is 21.6 Å². The lowest BCUT2D eigenvalue weighted by Gasteiger charge is -2.19. The predicted molar refractivity (Wildman–Crippen MR) is 103 cm³/mol. The summed E-state index contributed by atoms with van der Waals surface area (Å²) in [6.45, 7) is 3.48. The van der Waals surface area contributed by atoms with Crippen molar-refractivity contribution in [3.8, 4) is 6.07 Å². The van der Waals surface area contributed by atoms with Gasteiger partial charge in [0.05, 0.1) is 17.7 Å². The number of rotatable bonds is 4. The second-order valence-electron chi connectivity index (χ2n) is 6.68. The average molecular weight is 418 g/mol. The van der Waals surface area contributed by atoms with Crippen LogP contribution in [-0.4, -0.2) is 36.1 Å². The van der Waals surface area contributed by atoms with E-state index in [1.165, 1.54) is 29.0 Å². The standard InChI is InChI=1S/C19H19FN4O4S/c1-3-16(25)15-7-5-13-17(29(27,28)23-15)10-24(2)18(13)19(26)22-12-4-6-14(20)11(8-12)9-21/h3-4,6,8,10,15-16,23,25H,1,5,7H2,2H3,(H,22,26)/t15?,16-/m1/s1. The zero-order valence-electron chi connectivity index (χ0n) is 15.5. The molecule has 1 aliphatic heterocycles. The van der Waals surface area contributed by atoms with Gasteiger partial charge >= 0.3 is 0 Å². The third-order valence-electron chi connectivity index (χ3n) is 4.76. The molecule has 0 spiro atoms. The maximum Gasteiger partial charge on any atom is 0.272 e. The molecule has 1 unspecified atom stereocenters. The summed E-state index contributed by atoms with van der Waals surface area (Å²) in [5.74, 6) is -1.30. The summed E-state index contributed by atoms with van der Waals surface area (Å²) in [5, 5.41) is 21.5. The van der Waals surface area contributed by atoms with Gasteiger partial charge in [-0.25, -0.2) is 17.5 Å². The molecular weight excluding hydrogens is 399 g/mol. The van der Waals surface area contributed by atoms with E-state index in [-0.39, 0.29) is 34.7 Å². The number of amides is 1. The molecule has 8 nitrogen and oxygen atoms in total.